The summed E-state index contributed by atoms with van der Waals surface area (Å²) in [5.41, 5.74) is 9.30. The Balaban J connectivity index is 1.18. The smallest absolute Gasteiger partial charge is 0.255 e. The zero-order valence-corrected chi connectivity index (χ0v) is 19.2. The largest absolute Gasteiger partial charge is 0.325 e. The van der Waals surface area contributed by atoms with Gasteiger partial charge in [0.1, 0.15) is 6.04 Å². The number of hydrogen-bond acceptors (Lipinski definition) is 7. The predicted octanol–water partition coefficient (Wildman–Crippen LogP) is 1.33. The number of nitrogens with one attached hydrogen (secondary N) is 2. The number of amides is 3. The maximum atomic E-state index is 13.3. The highest BCUT2D eigenvalue weighted by Crippen LogP contribution is 2.47. The molecule has 1 fully saturated rings. The molecule has 1 aliphatic carbocycles. The van der Waals surface area contributed by atoms with Crippen LogP contribution in [0.15, 0.2) is 24.4 Å². The molecule has 2 aromatic rings. The highest BCUT2D eigenvalue weighted by Gasteiger charge is 2.47. The first-order valence-electron chi connectivity index (χ1n) is 12.2. The van der Waals surface area contributed by atoms with Crippen molar-refractivity contribution in [2.24, 2.45) is 5.73 Å². The third-order valence-corrected chi connectivity index (χ3v) is 7.17. The number of nitrogens with zero attached hydrogens (tertiary/aromatic N) is 4. The van der Waals surface area contributed by atoms with E-state index in [1.165, 1.54) is 0 Å². The monoisotopic (exact) mass is 465 g/mol. The molecule has 3 atom stereocenters. The van der Waals surface area contributed by atoms with E-state index in [0.29, 0.717) is 18.5 Å². The number of benzene rings is 1. The Bertz CT molecular complexity index is 1100. The summed E-state index contributed by atoms with van der Waals surface area (Å²) in [4.78, 5) is 39.1. The molecule has 0 radical (unpaired) electrons. The first-order valence-corrected chi connectivity index (χ1v) is 12.2. The molecule has 5 rings (SSSR count). The van der Waals surface area contributed by atoms with Crippen LogP contribution in [0.3, 0.4) is 0 Å². The average molecular weight is 466 g/mol. The van der Waals surface area contributed by atoms with E-state index in [2.05, 4.69) is 27.0 Å². The van der Waals surface area contributed by atoms with Crippen LogP contribution in [0, 0.1) is 0 Å². The number of hydrogen-bond donors (Lipinski definition) is 3. The van der Waals surface area contributed by atoms with Crippen LogP contribution in [0.2, 0.25) is 0 Å². The zero-order chi connectivity index (χ0) is 23.7. The Kier molecular flexibility index (Phi) is 6.42. The maximum absolute atomic E-state index is 13.3. The van der Waals surface area contributed by atoms with Crippen molar-refractivity contribution in [3.63, 3.8) is 0 Å². The van der Waals surface area contributed by atoms with E-state index >= 15 is 0 Å². The number of carbonyl (C=O) groups is 3. The predicted molar refractivity (Wildman–Crippen MR) is 123 cm³/mol. The number of unbranched alkanes of at least 4 members (excludes halogenated alkanes) is 2. The van der Waals surface area contributed by atoms with Gasteiger partial charge in [-0.05, 0) is 55.8 Å². The summed E-state index contributed by atoms with van der Waals surface area (Å²) in [6, 6.07) is 5.42. The lowest BCUT2D eigenvalue weighted by Crippen LogP contribution is -2.53. The molecule has 10 heteroatoms. The second-order valence-corrected chi connectivity index (χ2v) is 9.33. The minimum Gasteiger partial charge on any atom is -0.325 e. The van der Waals surface area contributed by atoms with Gasteiger partial charge in [0.25, 0.3) is 5.91 Å². The highest BCUT2D eigenvalue weighted by atomic mass is 16.2. The first-order chi connectivity index (χ1) is 16.6. The van der Waals surface area contributed by atoms with Crippen molar-refractivity contribution in [3.05, 3.63) is 46.8 Å². The molecule has 180 valence electrons. The summed E-state index contributed by atoms with van der Waals surface area (Å²) in [5.74, 6) is -0.715. The van der Waals surface area contributed by atoms with E-state index < -0.39 is 6.04 Å². The Morgan fingerprint density at radius 2 is 1.97 bits per heavy atom. The number of imide groups is 1. The molecule has 3 amide bonds. The molecule has 1 saturated heterocycles. The van der Waals surface area contributed by atoms with Gasteiger partial charge >= 0.3 is 0 Å². The lowest BCUT2D eigenvalue weighted by atomic mass is 9.83. The lowest BCUT2D eigenvalue weighted by Gasteiger charge is -2.38. The van der Waals surface area contributed by atoms with E-state index in [4.69, 9.17) is 5.73 Å². The molecule has 1 aromatic carbocycles. The molecular weight excluding hydrogens is 434 g/mol. The molecular formula is C24H31N7O3. The molecule has 4 N–H and O–H groups in total. The quantitative estimate of drug-likeness (QED) is 0.376. The van der Waals surface area contributed by atoms with Gasteiger partial charge in [-0.1, -0.05) is 23.8 Å². The Hall–Kier alpha value is -3.11. The molecule has 34 heavy (non-hydrogen) atoms. The summed E-state index contributed by atoms with van der Waals surface area (Å²) in [7, 11) is 0. The van der Waals surface area contributed by atoms with E-state index in [9.17, 15) is 14.4 Å². The van der Waals surface area contributed by atoms with Crippen molar-refractivity contribution >= 4 is 17.7 Å². The summed E-state index contributed by atoms with van der Waals surface area (Å²) >= 11 is 0. The van der Waals surface area contributed by atoms with Crippen LogP contribution in [0.5, 0.6) is 0 Å². The van der Waals surface area contributed by atoms with Crippen molar-refractivity contribution in [3.8, 4) is 0 Å². The van der Waals surface area contributed by atoms with E-state index in [0.717, 1.165) is 62.0 Å². The minimum absolute atomic E-state index is 0.0945. The van der Waals surface area contributed by atoms with Gasteiger partial charge in [0.2, 0.25) is 11.8 Å². The molecule has 0 spiro atoms. The van der Waals surface area contributed by atoms with Gasteiger partial charge in [-0.2, -0.15) is 0 Å². The number of carbonyl (C=O) groups excluding carboxylic acids is 3. The number of piperidine rings is 1. The van der Waals surface area contributed by atoms with E-state index in [-0.39, 0.29) is 36.2 Å². The maximum Gasteiger partial charge on any atom is 0.255 e. The molecule has 1 aromatic heterocycles. The Labute approximate surface area is 198 Å². The zero-order valence-electron chi connectivity index (χ0n) is 19.2. The van der Waals surface area contributed by atoms with Crippen LogP contribution in [0.1, 0.15) is 84.2 Å². The standard InChI is InChI=1S/C24H31N7O3/c25-13-15-14-30(29-28-15)12-3-1-2-11-26-18-7-8-19-22-16(18)5-4-6-17(22)24(34)31(19)20-9-10-21(32)27-23(20)33/h4-6,14,18-20,26H,1-3,7-13,25H2,(H,27,32,33). The highest BCUT2D eigenvalue weighted by molar-refractivity contribution is 6.06. The molecule has 2 aliphatic heterocycles. The summed E-state index contributed by atoms with van der Waals surface area (Å²) in [6.45, 7) is 2.14. The van der Waals surface area contributed by atoms with Crippen LogP contribution in [0.4, 0.5) is 0 Å². The third kappa shape index (κ3) is 4.23. The van der Waals surface area contributed by atoms with Crippen molar-refractivity contribution in [1.82, 2.24) is 30.5 Å². The number of aryl methyl sites for hydroxylation is 1. The molecule has 3 unspecified atom stereocenters. The summed E-state index contributed by atoms with van der Waals surface area (Å²) in [6.07, 6.45) is 7.42. The van der Waals surface area contributed by atoms with Crippen LogP contribution in [0.25, 0.3) is 0 Å². The first kappa shape index (κ1) is 22.7. The Morgan fingerprint density at radius 1 is 1.09 bits per heavy atom. The second kappa shape index (κ2) is 9.63. The lowest BCUT2D eigenvalue weighted by molar-refractivity contribution is -0.137. The van der Waals surface area contributed by atoms with E-state index in [1.54, 1.807) is 4.90 Å². The molecule has 3 heterocycles. The normalized spacial score (nSPS) is 23.9. The van der Waals surface area contributed by atoms with Gasteiger partial charge in [0.15, 0.2) is 0 Å². The number of rotatable bonds is 9. The molecule has 0 bridgehead atoms. The van der Waals surface area contributed by atoms with Crippen LogP contribution >= 0.6 is 0 Å². The van der Waals surface area contributed by atoms with Crippen molar-refractivity contribution in [2.75, 3.05) is 6.54 Å². The Morgan fingerprint density at radius 3 is 2.76 bits per heavy atom. The fourth-order valence-electron chi connectivity index (χ4n) is 5.54. The van der Waals surface area contributed by atoms with Gasteiger partial charge in [-0.3, -0.25) is 24.4 Å². The second-order valence-electron chi connectivity index (χ2n) is 9.33. The SMILES string of the molecule is NCc1cn(CCCCCNC2CCC3c4c(cccc42)C(=O)N3C2CCC(=O)NC2=O)nn1. The van der Waals surface area contributed by atoms with Gasteiger partial charge in [0.05, 0.1) is 11.7 Å². The van der Waals surface area contributed by atoms with Crippen LogP contribution < -0.4 is 16.4 Å². The average Bonchev–Trinajstić information content (AvgIpc) is 3.41. The summed E-state index contributed by atoms with van der Waals surface area (Å²) in [5, 5.41) is 14.2. The minimum atomic E-state index is -0.578. The van der Waals surface area contributed by atoms with E-state index in [1.807, 2.05) is 23.0 Å². The van der Waals surface area contributed by atoms with Crippen molar-refractivity contribution in [2.45, 2.75) is 76.2 Å². The fraction of sp³-hybridized carbons (Fsp3) is 0.542. The van der Waals surface area contributed by atoms with Gasteiger partial charge in [0, 0.05) is 37.3 Å². The van der Waals surface area contributed by atoms with Crippen molar-refractivity contribution in [1.29, 1.82) is 0 Å². The van der Waals surface area contributed by atoms with Gasteiger partial charge in [-0.15, -0.1) is 5.10 Å². The van der Waals surface area contributed by atoms with Crippen LogP contribution in [-0.4, -0.2) is 50.2 Å². The van der Waals surface area contributed by atoms with Gasteiger partial charge in [-0.25, -0.2) is 0 Å². The topological polar surface area (TPSA) is 135 Å². The molecule has 0 saturated carbocycles. The molecule has 3 aliphatic rings. The number of nitrogens with two attached hydrogens (primary N) is 1. The van der Waals surface area contributed by atoms with Crippen molar-refractivity contribution < 1.29 is 14.4 Å². The third-order valence-electron chi connectivity index (χ3n) is 7.17. The van der Waals surface area contributed by atoms with Gasteiger partial charge < -0.3 is 16.0 Å². The number of aromatic nitrogens is 3. The molecule has 10 nitrogen and oxygen atoms in total. The van der Waals surface area contributed by atoms with Crippen LogP contribution in [-0.2, 0) is 22.7 Å². The fourth-order valence-corrected chi connectivity index (χ4v) is 5.54. The summed E-state index contributed by atoms with van der Waals surface area (Å²) < 4.78 is 1.84.